The Morgan fingerprint density at radius 2 is 2.33 bits per heavy atom. The van der Waals surface area contributed by atoms with Crippen molar-refractivity contribution in [3.05, 3.63) is 0 Å². The number of sulfonamides is 1. The molecule has 1 rings (SSSR count). The van der Waals surface area contributed by atoms with Crippen molar-refractivity contribution < 1.29 is 18.3 Å². The molecule has 0 aromatic heterocycles. The first kappa shape index (κ1) is 12.9. The molecule has 1 fully saturated rings. The van der Waals surface area contributed by atoms with Gasteiger partial charge in [0.05, 0.1) is 18.5 Å². The van der Waals surface area contributed by atoms with Gasteiger partial charge in [-0.05, 0) is 19.3 Å². The van der Waals surface area contributed by atoms with E-state index >= 15 is 0 Å². The minimum Gasteiger partial charge on any atom is -0.395 e. The molecule has 1 heterocycles. The van der Waals surface area contributed by atoms with E-state index in [-0.39, 0.29) is 24.5 Å². The fourth-order valence-corrected chi connectivity index (χ4v) is 3.17. The highest BCUT2D eigenvalue weighted by atomic mass is 32.2. The quantitative estimate of drug-likeness (QED) is 0.674. The first-order valence-corrected chi connectivity index (χ1v) is 6.95. The van der Waals surface area contributed by atoms with Crippen LogP contribution in [0.4, 0.5) is 0 Å². The maximum absolute atomic E-state index is 11.6. The predicted octanol–water partition coefficient (Wildman–Crippen LogP) is -0.144. The van der Waals surface area contributed by atoms with E-state index in [2.05, 4.69) is 4.72 Å². The van der Waals surface area contributed by atoms with Crippen LogP contribution in [0.3, 0.4) is 0 Å². The van der Waals surface area contributed by atoms with Gasteiger partial charge in [-0.25, -0.2) is 13.1 Å². The first-order valence-electron chi connectivity index (χ1n) is 5.30. The van der Waals surface area contributed by atoms with Crippen LogP contribution in [0.1, 0.15) is 26.2 Å². The van der Waals surface area contributed by atoms with E-state index in [1.54, 1.807) is 0 Å². The molecule has 1 saturated heterocycles. The number of aliphatic hydroxyl groups is 1. The molecule has 5 nitrogen and oxygen atoms in total. The smallest absolute Gasteiger partial charge is 0.214 e. The van der Waals surface area contributed by atoms with Crippen LogP contribution in [-0.2, 0) is 14.8 Å². The first-order chi connectivity index (χ1) is 7.07. The van der Waals surface area contributed by atoms with Crippen molar-refractivity contribution in [2.75, 3.05) is 19.0 Å². The molecule has 0 spiro atoms. The summed E-state index contributed by atoms with van der Waals surface area (Å²) in [5, 5.41) is 8.89. The number of aliphatic hydroxyl groups excluding tert-OH is 1. The van der Waals surface area contributed by atoms with Crippen LogP contribution >= 0.6 is 0 Å². The summed E-state index contributed by atoms with van der Waals surface area (Å²) >= 11 is 0. The Morgan fingerprint density at radius 3 is 2.80 bits per heavy atom. The van der Waals surface area contributed by atoms with Gasteiger partial charge in [-0.15, -0.1) is 0 Å². The Labute approximate surface area is 90.9 Å². The summed E-state index contributed by atoms with van der Waals surface area (Å²) in [6, 6.07) is -0.378. The van der Waals surface area contributed by atoms with Gasteiger partial charge in [-0.2, -0.15) is 0 Å². The number of rotatable bonds is 6. The molecule has 0 aromatic carbocycles. The van der Waals surface area contributed by atoms with Crippen molar-refractivity contribution in [3.8, 4) is 0 Å². The zero-order valence-corrected chi connectivity index (χ0v) is 9.79. The van der Waals surface area contributed by atoms with Gasteiger partial charge < -0.3 is 9.84 Å². The van der Waals surface area contributed by atoms with Crippen molar-refractivity contribution in [1.82, 2.24) is 4.72 Å². The zero-order chi connectivity index (χ0) is 11.3. The van der Waals surface area contributed by atoms with Gasteiger partial charge in [-0.3, -0.25) is 0 Å². The third-order valence-electron chi connectivity index (χ3n) is 2.49. The second-order valence-corrected chi connectivity index (χ2v) is 5.62. The molecule has 1 aliphatic rings. The van der Waals surface area contributed by atoms with Crippen molar-refractivity contribution in [2.45, 2.75) is 38.3 Å². The zero-order valence-electron chi connectivity index (χ0n) is 8.98. The Hall–Kier alpha value is -0.170. The molecule has 0 aliphatic carbocycles. The van der Waals surface area contributed by atoms with Crippen molar-refractivity contribution in [1.29, 1.82) is 0 Å². The standard InChI is InChI=1S/C9H19NO4S/c1-2-8(6-11)10-15(12,13)7-9-4-3-5-14-9/h8-11H,2-7H2,1H3. The average Bonchev–Trinajstić information content (AvgIpc) is 2.66. The molecule has 15 heavy (non-hydrogen) atoms. The summed E-state index contributed by atoms with van der Waals surface area (Å²) in [5.41, 5.74) is 0. The molecule has 1 aliphatic heterocycles. The van der Waals surface area contributed by atoms with Crippen LogP contribution in [0.2, 0.25) is 0 Å². The highest BCUT2D eigenvalue weighted by Crippen LogP contribution is 2.13. The normalized spacial score (nSPS) is 24.3. The molecule has 6 heteroatoms. The predicted molar refractivity (Wildman–Crippen MR) is 57.1 cm³/mol. The van der Waals surface area contributed by atoms with Gasteiger partial charge in [0, 0.05) is 12.6 Å². The lowest BCUT2D eigenvalue weighted by molar-refractivity contribution is 0.127. The molecule has 2 atom stereocenters. The van der Waals surface area contributed by atoms with Crippen molar-refractivity contribution in [2.24, 2.45) is 0 Å². The van der Waals surface area contributed by atoms with Gasteiger partial charge >= 0.3 is 0 Å². The number of hydrogen-bond donors (Lipinski definition) is 2. The minimum absolute atomic E-state index is 0.00347. The Balaban J connectivity index is 2.43. The molecular formula is C9H19NO4S. The van der Waals surface area contributed by atoms with E-state index in [1.807, 2.05) is 6.92 Å². The summed E-state index contributed by atoms with van der Waals surface area (Å²) in [6.07, 6.45) is 2.13. The molecule has 0 saturated carbocycles. The molecular weight excluding hydrogens is 218 g/mol. The van der Waals surface area contributed by atoms with E-state index in [4.69, 9.17) is 9.84 Å². The van der Waals surface area contributed by atoms with Crippen LogP contribution in [0, 0.1) is 0 Å². The monoisotopic (exact) mass is 237 g/mol. The Morgan fingerprint density at radius 1 is 1.60 bits per heavy atom. The third-order valence-corrected chi connectivity index (χ3v) is 3.99. The van der Waals surface area contributed by atoms with Gasteiger partial charge in [0.2, 0.25) is 10.0 Å². The third kappa shape index (κ3) is 4.46. The molecule has 2 N–H and O–H groups in total. The van der Waals surface area contributed by atoms with Crippen LogP contribution in [-0.4, -0.2) is 44.6 Å². The van der Waals surface area contributed by atoms with Gasteiger partial charge in [0.1, 0.15) is 0 Å². The van der Waals surface area contributed by atoms with Crippen LogP contribution in [0.5, 0.6) is 0 Å². The fraction of sp³-hybridized carbons (Fsp3) is 1.00. The average molecular weight is 237 g/mol. The van der Waals surface area contributed by atoms with Crippen LogP contribution in [0.25, 0.3) is 0 Å². The Bertz CT molecular complexity index is 258. The highest BCUT2D eigenvalue weighted by molar-refractivity contribution is 7.89. The van der Waals surface area contributed by atoms with E-state index in [1.165, 1.54) is 0 Å². The van der Waals surface area contributed by atoms with E-state index in [9.17, 15) is 8.42 Å². The lowest BCUT2D eigenvalue weighted by atomic mass is 10.3. The number of ether oxygens (including phenoxy) is 1. The van der Waals surface area contributed by atoms with Crippen LogP contribution < -0.4 is 4.72 Å². The van der Waals surface area contributed by atoms with Crippen LogP contribution in [0.15, 0.2) is 0 Å². The Kier molecular flexibility index (Phi) is 4.98. The molecule has 0 amide bonds. The SMILES string of the molecule is CCC(CO)NS(=O)(=O)CC1CCCO1. The largest absolute Gasteiger partial charge is 0.395 e. The summed E-state index contributed by atoms with van der Waals surface area (Å²) < 4.78 is 30.9. The molecule has 2 unspecified atom stereocenters. The minimum atomic E-state index is -3.32. The summed E-state index contributed by atoms with van der Waals surface area (Å²) in [4.78, 5) is 0. The molecule has 90 valence electrons. The van der Waals surface area contributed by atoms with Gasteiger partial charge in [-0.1, -0.05) is 6.92 Å². The van der Waals surface area contributed by atoms with E-state index < -0.39 is 10.0 Å². The number of nitrogens with one attached hydrogen (secondary N) is 1. The summed E-state index contributed by atoms with van der Waals surface area (Å²) in [7, 11) is -3.32. The second-order valence-electron chi connectivity index (χ2n) is 3.82. The maximum Gasteiger partial charge on any atom is 0.214 e. The lowest BCUT2D eigenvalue weighted by Gasteiger charge is -2.16. The molecule has 0 aromatic rings. The fourth-order valence-electron chi connectivity index (χ4n) is 1.57. The van der Waals surface area contributed by atoms with Crippen molar-refractivity contribution in [3.63, 3.8) is 0 Å². The van der Waals surface area contributed by atoms with Gasteiger partial charge in [0.15, 0.2) is 0 Å². The topological polar surface area (TPSA) is 75.6 Å². The molecule has 0 radical (unpaired) electrons. The highest BCUT2D eigenvalue weighted by Gasteiger charge is 2.24. The van der Waals surface area contributed by atoms with Gasteiger partial charge in [0.25, 0.3) is 0 Å². The number of hydrogen-bond acceptors (Lipinski definition) is 4. The maximum atomic E-state index is 11.6. The summed E-state index contributed by atoms with van der Waals surface area (Å²) in [6.45, 7) is 2.31. The van der Waals surface area contributed by atoms with E-state index in [0.717, 1.165) is 12.8 Å². The summed E-state index contributed by atoms with van der Waals surface area (Å²) in [5.74, 6) is 0.00347. The second kappa shape index (κ2) is 5.79. The lowest BCUT2D eigenvalue weighted by Crippen LogP contribution is -2.40. The van der Waals surface area contributed by atoms with E-state index in [0.29, 0.717) is 13.0 Å². The molecule has 0 bridgehead atoms. The van der Waals surface area contributed by atoms with Crippen molar-refractivity contribution >= 4 is 10.0 Å².